The Labute approximate surface area is 183 Å². The summed E-state index contributed by atoms with van der Waals surface area (Å²) >= 11 is 5.95. The van der Waals surface area contributed by atoms with Crippen molar-refractivity contribution in [2.45, 2.75) is 13.0 Å². The van der Waals surface area contributed by atoms with Gasteiger partial charge in [-0.25, -0.2) is 0 Å². The van der Waals surface area contributed by atoms with Gasteiger partial charge in [0, 0.05) is 44.3 Å². The van der Waals surface area contributed by atoms with Gasteiger partial charge < -0.3 is 14.8 Å². The maximum Gasteiger partial charge on any atom is 0.234 e. The highest BCUT2D eigenvalue weighted by Gasteiger charge is 2.19. The van der Waals surface area contributed by atoms with Gasteiger partial charge in [-0.3, -0.25) is 14.6 Å². The maximum atomic E-state index is 12.3. The van der Waals surface area contributed by atoms with Crippen molar-refractivity contribution in [3.63, 3.8) is 0 Å². The Morgan fingerprint density at radius 3 is 2.23 bits per heavy atom. The summed E-state index contributed by atoms with van der Waals surface area (Å²) in [5.74, 6) is 1.49. The van der Waals surface area contributed by atoms with E-state index in [1.165, 1.54) is 5.56 Å². The number of benzene rings is 2. The zero-order valence-corrected chi connectivity index (χ0v) is 18.5. The molecule has 0 unspecified atom stereocenters. The van der Waals surface area contributed by atoms with E-state index in [0.29, 0.717) is 24.6 Å². The first-order valence-electron chi connectivity index (χ1n) is 10.2. The Morgan fingerprint density at radius 1 is 0.933 bits per heavy atom. The van der Waals surface area contributed by atoms with E-state index >= 15 is 0 Å². The first-order chi connectivity index (χ1) is 14.6. The summed E-state index contributed by atoms with van der Waals surface area (Å²) in [5.41, 5.74) is 2.37. The molecule has 0 bridgehead atoms. The average molecular weight is 432 g/mol. The molecule has 0 radical (unpaired) electrons. The van der Waals surface area contributed by atoms with Gasteiger partial charge in [0.1, 0.15) is 0 Å². The molecular weight excluding hydrogens is 402 g/mol. The topological polar surface area (TPSA) is 54.0 Å². The van der Waals surface area contributed by atoms with E-state index in [4.69, 9.17) is 21.1 Å². The van der Waals surface area contributed by atoms with Crippen molar-refractivity contribution < 1.29 is 14.3 Å². The third kappa shape index (κ3) is 6.62. The number of methoxy groups -OCH3 is 2. The quantitative estimate of drug-likeness (QED) is 0.661. The van der Waals surface area contributed by atoms with Crippen LogP contribution in [0.3, 0.4) is 0 Å². The van der Waals surface area contributed by atoms with Gasteiger partial charge in [0.05, 0.1) is 20.8 Å². The number of amides is 1. The molecule has 1 saturated heterocycles. The van der Waals surface area contributed by atoms with Gasteiger partial charge in [-0.1, -0.05) is 29.8 Å². The smallest absolute Gasteiger partial charge is 0.234 e. The highest BCUT2D eigenvalue weighted by Crippen LogP contribution is 2.27. The van der Waals surface area contributed by atoms with E-state index < -0.39 is 0 Å². The fourth-order valence-corrected chi connectivity index (χ4v) is 3.72. The van der Waals surface area contributed by atoms with Crippen molar-refractivity contribution in [1.82, 2.24) is 15.1 Å². The average Bonchev–Trinajstić information content (AvgIpc) is 2.76. The molecular formula is C23H30ClN3O3. The third-order valence-electron chi connectivity index (χ3n) is 5.34. The predicted molar refractivity (Wildman–Crippen MR) is 119 cm³/mol. The summed E-state index contributed by atoms with van der Waals surface area (Å²) in [4.78, 5) is 16.9. The lowest BCUT2D eigenvalue weighted by Gasteiger charge is -2.34. The number of carbonyl (C=O) groups is 1. The number of nitrogens with zero attached hydrogens (tertiary/aromatic N) is 2. The molecule has 30 heavy (non-hydrogen) atoms. The van der Waals surface area contributed by atoms with Crippen molar-refractivity contribution in [3.05, 3.63) is 58.6 Å². The number of rotatable bonds is 9. The van der Waals surface area contributed by atoms with Gasteiger partial charge in [-0.05, 0) is 41.8 Å². The van der Waals surface area contributed by atoms with Crippen LogP contribution in [0.25, 0.3) is 0 Å². The SMILES string of the molecule is COc1ccc(CCNC(=O)CN2CCN(Cc3ccc(Cl)cc3)CC2)cc1OC. The largest absolute Gasteiger partial charge is 0.493 e. The van der Waals surface area contributed by atoms with Crippen molar-refractivity contribution in [2.75, 3.05) is 53.5 Å². The molecule has 162 valence electrons. The molecule has 3 rings (SSSR count). The number of piperazine rings is 1. The minimum absolute atomic E-state index is 0.0710. The van der Waals surface area contributed by atoms with Crippen molar-refractivity contribution in [2.24, 2.45) is 0 Å². The monoisotopic (exact) mass is 431 g/mol. The molecule has 7 heteroatoms. The number of hydrogen-bond acceptors (Lipinski definition) is 5. The van der Waals surface area contributed by atoms with E-state index in [1.54, 1.807) is 14.2 Å². The maximum absolute atomic E-state index is 12.3. The number of ether oxygens (including phenoxy) is 2. The molecule has 1 aliphatic heterocycles. The summed E-state index contributed by atoms with van der Waals surface area (Å²) < 4.78 is 10.6. The zero-order valence-electron chi connectivity index (χ0n) is 17.7. The van der Waals surface area contributed by atoms with Gasteiger partial charge in [0.15, 0.2) is 11.5 Å². The molecule has 1 N–H and O–H groups in total. The first-order valence-corrected chi connectivity index (χ1v) is 10.6. The van der Waals surface area contributed by atoms with E-state index in [9.17, 15) is 4.79 Å². The second-order valence-electron chi connectivity index (χ2n) is 7.47. The first kappa shape index (κ1) is 22.4. The number of hydrogen-bond donors (Lipinski definition) is 1. The molecule has 1 aliphatic rings. The van der Waals surface area contributed by atoms with Crippen molar-refractivity contribution >= 4 is 17.5 Å². The normalized spacial score (nSPS) is 15.0. The Bertz CT molecular complexity index is 821. The van der Waals surface area contributed by atoms with Crippen LogP contribution in [0, 0.1) is 0 Å². The summed E-state index contributed by atoms with van der Waals surface area (Å²) in [5, 5.41) is 3.79. The Balaban J connectivity index is 1.35. The van der Waals surface area contributed by atoms with Crippen LogP contribution < -0.4 is 14.8 Å². The van der Waals surface area contributed by atoms with Crippen LogP contribution in [-0.4, -0.2) is 69.2 Å². The molecule has 0 aliphatic carbocycles. The minimum atomic E-state index is 0.0710. The van der Waals surface area contributed by atoms with Crippen LogP contribution in [-0.2, 0) is 17.8 Å². The Hall–Kier alpha value is -2.28. The summed E-state index contributed by atoms with van der Waals surface area (Å²) in [7, 11) is 3.24. The zero-order chi connectivity index (χ0) is 21.3. The number of halogens is 1. The molecule has 2 aromatic rings. The standard InChI is InChI=1S/C23H30ClN3O3/c1-29-21-8-5-18(15-22(21)30-2)9-10-25-23(28)17-27-13-11-26(12-14-27)16-19-3-6-20(24)7-4-19/h3-8,15H,9-14,16-17H2,1-2H3,(H,25,28). The fraction of sp³-hybridized carbons (Fsp3) is 0.435. The number of nitrogens with one attached hydrogen (secondary N) is 1. The second-order valence-corrected chi connectivity index (χ2v) is 7.90. The van der Waals surface area contributed by atoms with Crippen LogP contribution in [0.4, 0.5) is 0 Å². The Morgan fingerprint density at radius 2 is 1.57 bits per heavy atom. The van der Waals surface area contributed by atoms with Gasteiger partial charge in [-0.15, -0.1) is 0 Å². The van der Waals surface area contributed by atoms with E-state index in [1.807, 2.05) is 30.3 Å². The van der Waals surface area contributed by atoms with Crippen LogP contribution in [0.1, 0.15) is 11.1 Å². The third-order valence-corrected chi connectivity index (χ3v) is 5.59. The van der Waals surface area contributed by atoms with Crippen LogP contribution in [0.15, 0.2) is 42.5 Å². The lowest BCUT2D eigenvalue weighted by Crippen LogP contribution is -2.49. The summed E-state index contributed by atoms with van der Waals surface area (Å²) in [6.07, 6.45) is 0.751. The van der Waals surface area contributed by atoms with E-state index in [-0.39, 0.29) is 5.91 Å². The van der Waals surface area contributed by atoms with Gasteiger partial charge >= 0.3 is 0 Å². The van der Waals surface area contributed by atoms with Gasteiger partial charge in [0.2, 0.25) is 5.91 Å². The molecule has 1 amide bonds. The van der Waals surface area contributed by atoms with Crippen LogP contribution >= 0.6 is 11.6 Å². The van der Waals surface area contributed by atoms with Crippen LogP contribution in [0.5, 0.6) is 11.5 Å². The molecule has 2 aromatic carbocycles. The van der Waals surface area contributed by atoms with E-state index in [0.717, 1.165) is 49.7 Å². The van der Waals surface area contributed by atoms with Crippen molar-refractivity contribution in [1.29, 1.82) is 0 Å². The fourth-order valence-electron chi connectivity index (χ4n) is 3.59. The molecule has 1 heterocycles. The van der Waals surface area contributed by atoms with Gasteiger partial charge in [0.25, 0.3) is 0 Å². The van der Waals surface area contributed by atoms with Gasteiger partial charge in [-0.2, -0.15) is 0 Å². The molecule has 0 atom stereocenters. The van der Waals surface area contributed by atoms with E-state index in [2.05, 4.69) is 27.2 Å². The highest BCUT2D eigenvalue weighted by atomic mass is 35.5. The molecule has 0 spiro atoms. The molecule has 1 fully saturated rings. The van der Waals surface area contributed by atoms with Crippen molar-refractivity contribution in [3.8, 4) is 11.5 Å². The minimum Gasteiger partial charge on any atom is -0.493 e. The summed E-state index contributed by atoms with van der Waals surface area (Å²) in [6, 6.07) is 13.8. The predicted octanol–water partition coefficient (Wildman–Crippen LogP) is 2.83. The lowest BCUT2D eigenvalue weighted by molar-refractivity contribution is -0.122. The lowest BCUT2D eigenvalue weighted by atomic mass is 10.1. The van der Waals surface area contributed by atoms with Crippen LogP contribution in [0.2, 0.25) is 5.02 Å². The second kappa shape index (κ2) is 11.2. The highest BCUT2D eigenvalue weighted by molar-refractivity contribution is 6.30. The molecule has 6 nitrogen and oxygen atoms in total. The Kier molecular flexibility index (Phi) is 8.37. The molecule has 0 aromatic heterocycles. The number of carbonyl (C=O) groups excluding carboxylic acids is 1. The summed E-state index contributed by atoms with van der Waals surface area (Å²) in [6.45, 7) is 5.69. The molecule has 0 saturated carbocycles.